The van der Waals surface area contributed by atoms with Gasteiger partial charge in [0.25, 0.3) is 0 Å². The number of halogens is 1. The second kappa shape index (κ2) is 6.96. The van der Waals surface area contributed by atoms with Crippen molar-refractivity contribution in [2.75, 3.05) is 7.11 Å². The first-order valence-corrected chi connectivity index (χ1v) is 8.34. The third-order valence-electron chi connectivity index (χ3n) is 4.25. The molecule has 0 radical (unpaired) electrons. The van der Waals surface area contributed by atoms with Crippen molar-refractivity contribution in [3.8, 4) is 22.6 Å². The molecule has 0 aliphatic heterocycles. The largest absolute Gasteiger partial charge is 0.507 e. The zero-order chi connectivity index (χ0) is 18.8. The molecule has 0 saturated carbocycles. The maximum absolute atomic E-state index is 13.1. The average Bonchev–Trinajstić information content (AvgIpc) is 3.07. The van der Waals surface area contributed by atoms with E-state index in [9.17, 15) is 9.50 Å². The van der Waals surface area contributed by atoms with E-state index < -0.39 is 0 Å². The molecular weight excluding hydrogens is 345 g/mol. The highest BCUT2D eigenvalue weighted by atomic mass is 19.1. The van der Waals surface area contributed by atoms with Crippen molar-refractivity contribution in [3.05, 3.63) is 78.1 Å². The molecule has 0 unspecified atom stereocenters. The van der Waals surface area contributed by atoms with Gasteiger partial charge in [0.15, 0.2) is 0 Å². The van der Waals surface area contributed by atoms with Crippen molar-refractivity contribution in [2.45, 2.75) is 0 Å². The number of phenolic OH excluding ortho intramolecular Hbond substituents is 1. The van der Waals surface area contributed by atoms with E-state index in [0.29, 0.717) is 22.4 Å². The summed E-state index contributed by atoms with van der Waals surface area (Å²) in [7, 11) is 1.60. The van der Waals surface area contributed by atoms with E-state index in [-0.39, 0.29) is 11.6 Å². The molecule has 3 aromatic carbocycles. The van der Waals surface area contributed by atoms with Crippen LogP contribution in [0.15, 0.2) is 76.1 Å². The fourth-order valence-corrected chi connectivity index (χ4v) is 2.92. The van der Waals surface area contributed by atoms with Gasteiger partial charge in [-0.2, -0.15) is 0 Å². The highest BCUT2D eigenvalue weighted by Crippen LogP contribution is 2.44. The van der Waals surface area contributed by atoms with Crippen LogP contribution in [0.2, 0.25) is 0 Å². The lowest BCUT2D eigenvalue weighted by molar-refractivity contribution is 0.415. The Labute approximate surface area is 155 Å². The molecule has 0 fully saturated rings. The minimum atomic E-state index is -0.306. The summed E-state index contributed by atoms with van der Waals surface area (Å²) in [6.07, 6.45) is 1.60. The standard InChI is InChI=1S/C22H16FNO3/c1-26-17-11-7-15(8-12-17)20-21-18(25)3-2-4-19(21)27-22(20)24-13-14-5-9-16(23)10-6-14/h2-13,25H,1H3/b24-13+. The summed E-state index contributed by atoms with van der Waals surface area (Å²) >= 11 is 0. The summed E-state index contributed by atoms with van der Waals surface area (Å²) in [5.41, 5.74) is 2.79. The van der Waals surface area contributed by atoms with Crippen LogP contribution in [0.1, 0.15) is 5.56 Å². The summed E-state index contributed by atoms with van der Waals surface area (Å²) in [6, 6.07) is 18.5. The molecule has 4 rings (SSSR count). The van der Waals surface area contributed by atoms with Crippen LogP contribution in [0, 0.1) is 5.82 Å². The van der Waals surface area contributed by atoms with E-state index in [2.05, 4.69) is 4.99 Å². The van der Waals surface area contributed by atoms with E-state index in [1.807, 2.05) is 24.3 Å². The van der Waals surface area contributed by atoms with Gasteiger partial charge < -0.3 is 14.3 Å². The average molecular weight is 361 g/mol. The van der Waals surface area contributed by atoms with Gasteiger partial charge in [0.1, 0.15) is 22.9 Å². The fourth-order valence-electron chi connectivity index (χ4n) is 2.92. The highest BCUT2D eigenvalue weighted by Gasteiger charge is 2.18. The van der Waals surface area contributed by atoms with Gasteiger partial charge in [-0.3, -0.25) is 0 Å². The number of hydrogen-bond donors (Lipinski definition) is 1. The molecule has 27 heavy (non-hydrogen) atoms. The van der Waals surface area contributed by atoms with E-state index in [0.717, 1.165) is 16.9 Å². The number of phenols is 1. The van der Waals surface area contributed by atoms with Crippen molar-refractivity contribution in [1.82, 2.24) is 0 Å². The zero-order valence-corrected chi connectivity index (χ0v) is 14.5. The number of aliphatic imine (C=N–C) groups is 1. The van der Waals surface area contributed by atoms with Crippen LogP contribution in [0.5, 0.6) is 11.5 Å². The van der Waals surface area contributed by atoms with E-state index in [4.69, 9.17) is 9.15 Å². The van der Waals surface area contributed by atoms with Crippen molar-refractivity contribution in [1.29, 1.82) is 0 Å². The summed E-state index contributed by atoms with van der Waals surface area (Å²) in [6.45, 7) is 0. The molecule has 0 saturated heterocycles. The summed E-state index contributed by atoms with van der Waals surface area (Å²) in [5, 5.41) is 11.0. The quantitative estimate of drug-likeness (QED) is 0.474. The summed E-state index contributed by atoms with van der Waals surface area (Å²) in [5.74, 6) is 0.901. The van der Waals surface area contributed by atoms with Crippen molar-refractivity contribution < 1.29 is 18.7 Å². The van der Waals surface area contributed by atoms with Crippen molar-refractivity contribution in [2.24, 2.45) is 4.99 Å². The highest BCUT2D eigenvalue weighted by molar-refractivity contribution is 6.04. The first-order valence-electron chi connectivity index (χ1n) is 8.34. The van der Waals surface area contributed by atoms with Gasteiger partial charge in [-0.15, -0.1) is 0 Å². The third-order valence-corrected chi connectivity index (χ3v) is 4.25. The van der Waals surface area contributed by atoms with Crippen molar-refractivity contribution >= 4 is 23.1 Å². The molecule has 5 heteroatoms. The number of nitrogens with zero attached hydrogens (tertiary/aromatic N) is 1. The van der Waals surface area contributed by atoms with Crippen LogP contribution in [0.3, 0.4) is 0 Å². The molecule has 0 aliphatic rings. The predicted octanol–water partition coefficient (Wildman–Crippen LogP) is 5.70. The van der Waals surface area contributed by atoms with Crippen LogP contribution in [-0.4, -0.2) is 18.4 Å². The Kier molecular flexibility index (Phi) is 4.34. The van der Waals surface area contributed by atoms with E-state index >= 15 is 0 Å². The number of rotatable bonds is 4. The lowest BCUT2D eigenvalue weighted by atomic mass is 10.0. The molecule has 0 atom stereocenters. The fraction of sp³-hybridized carbons (Fsp3) is 0.0455. The normalized spacial score (nSPS) is 11.3. The summed E-state index contributed by atoms with van der Waals surface area (Å²) < 4.78 is 24.2. The Bertz CT molecular complexity index is 1110. The lowest BCUT2D eigenvalue weighted by Crippen LogP contribution is -1.83. The van der Waals surface area contributed by atoms with Gasteiger partial charge in [-0.05, 0) is 47.5 Å². The monoisotopic (exact) mass is 361 g/mol. The van der Waals surface area contributed by atoms with E-state index in [1.165, 1.54) is 12.1 Å². The van der Waals surface area contributed by atoms with Crippen LogP contribution >= 0.6 is 0 Å². The van der Waals surface area contributed by atoms with Gasteiger partial charge in [0.05, 0.1) is 18.1 Å². The smallest absolute Gasteiger partial charge is 0.228 e. The minimum absolute atomic E-state index is 0.116. The van der Waals surface area contributed by atoms with Gasteiger partial charge >= 0.3 is 0 Å². The Morgan fingerprint density at radius 3 is 2.44 bits per heavy atom. The van der Waals surface area contributed by atoms with E-state index in [1.54, 1.807) is 43.7 Å². The molecule has 1 aromatic heterocycles. The van der Waals surface area contributed by atoms with Crippen LogP contribution in [0.4, 0.5) is 10.3 Å². The maximum atomic E-state index is 13.1. The lowest BCUT2D eigenvalue weighted by Gasteiger charge is -2.04. The number of aromatic hydroxyl groups is 1. The number of hydrogen-bond acceptors (Lipinski definition) is 4. The molecule has 134 valence electrons. The molecule has 0 aliphatic carbocycles. The second-order valence-electron chi connectivity index (χ2n) is 5.97. The maximum Gasteiger partial charge on any atom is 0.228 e. The Morgan fingerprint density at radius 2 is 1.74 bits per heavy atom. The molecule has 4 aromatic rings. The molecular formula is C22H16FNO3. The first-order chi connectivity index (χ1) is 13.2. The second-order valence-corrected chi connectivity index (χ2v) is 5.97. The zero-order valence-electron chi connectivity index (χ0n) is 14.5. The topological polar surface area (TPSA) is 55.0 Å². The molecule has 4 nitrogen and oxygen atoms in total. The molecule has 0 bridgehead atoms. The number of furan rings is 1. The SMILES string of the molecule is COc1ccc(-c2c(/N=C/c3ccc(F)cc3)oc3cccc(O)c23)cc1. The number of benzene rings is 3. The Morgan fingerprint density at radius 1 is 1.00 bits per heavy atom. The summed E-state index contributed by atoms with van der Waals surface area (Å²) in [4.78, 5) is 4.45. The number of fused-ring (bicyclic) bond motifs is 1. The van der Waals surface area contributed by atoms with Gasteiger partial charge in [0.2, 0.25) is 5.88 Å². The Balaban J connectivity index is 1.86. The van der Waals surface area contributed by atoms with Gasteiger partial charge in [0, 0.05) is 6.21 Å². The molecule has 0 spiro atoms. The molecule has 1 N–H and O–H groups in total. The predicted molar refractivity (Wildman–Crippen MR) is 104 cm³/mol. The van der Waals surface area contributed by atoms with Crippen LogP contribution in [0.25, 0.3) is 22.1 Å². The van der Waals surface area contributed by atoms with Crippen molar-refractivity contribution in [3.63, 3.8) is 0 Å². The first kappa shape index (κ1) is 16.8. The van der Waals surface area contributed by atoms with Gasteiger partial charge in [-0.25, -0.2) is 9.38 Å². The van der Waals surface area contributed by atoms with Crippen LogP contribution in [-0.2, 0) is 0 Å². The molecule has 1 heterocycles. The third kappa shape index (κ3) is 3.27. The van der Waals surface area contributed by atoms with Gasteiger partial charge in [-0.1, -0.05) is 30.3 Å². The minimum Gasteiger partial charge on any atom is -0.507 e. The number of methoxy groups -OCH3 is 1. The number of ether oxygens (including phenoxy) is 1. The van der Waals surface area contributed by atoms with Crippen LogP contribution < -0.4 is 4.74 Å². The Hall–Kier alpha value is -3.60. The molecule has 0 amide bonds.